The first-order chi connectivity index (χ1) is 11.4. The van der Waals surface area contributed by atoms with E-state index >= 15 is 0 Å². The Labute approximate surface area is 149 Å². The van der Waals surface area contributed by atoms with Gasteiger partial charge < -0.3 is 10.6 Å². The third-order valence-electron chi connectivity index (χ3n) is 3.91. The van der Waals surface area contributed by atoms with Gasteiger partial charge in [0.05, 0.1) is 0 Å². The minimum Gasteiger partial charge on any atom is -0.341 e. The van der Waals surface area contributed by atoms with Crippen LogP contribution in [0.3, 0.4) is 0 Å². The molecule has 0 aromatic heterocycles. The van der Waals surface area contributed by atoms with Crippen molar-refractivity contribution in [2.45, 2.75) is 24.5 Å². The Morgan fingerprint density at radius 2 is 1.71 bits per heavy atom. The second-order valence-corrected chi connectivity index (χ2v) is 7.88. The van der Waals surface area contributed by atoms with E-state index in [1.807, 2.05) is 37.4 Å². The Hall–Kier alpha value is -1.78. The van der Waals surface area contributed by atoms with Crippen LogP contribution in [0.4, 0.5) is 0 Å². The molecule has 2 aromatic carbocycles. The predicted octanol–water partition coefficient (Wildman–Crippen LogP) is 4.04. The van der Waals surface area contributed by atoms with Crippen molar-refractivity contribution in [3.63, 3.8) is 0 Å². The average molecular weight is 343 g/mol. The van der Waals surface area contributed by atoms with Crippen LogP contribution < -0.4 is 5.73 Å². The monoisotopic (exact) mass is 342 g/mol. The largest absolute Gasteiger partial charge is 0.341 e. The molecule has 2 N–H and O–H groups in total. The van der Waals surface area contributed by atoms with Crippen molar-refractivity contribution in [2.24, 2.45) is 11.1 Å². The Bertz CT molecular complexity index is 653. The standard InChI is InChI=1S/C20H26N2OS/c1-20(2,14-21)15-22(3)19(23)17-9-11-18(12-10-17)24-13-16-7-5-4-6-8-16/h4-12H,13-15,21H2,1-3H3. The maximum atomic E-state index is 12.5. The lowest BCUT2D eigenvalue weighted by atomic mass is 9.93. The van der Waals surface area contributed by atoms with E-state index in [9.17, 15) is 4.79 Å². The SMILES string of the molecule is CN(CC(C)(C)CN)C(=O)c1ccc(SCc2ccccc2)cc1. The van der Waals surface area contributed by atoms with E-state index in [1.54, 1.807) is 16.7 Å². The Balaban J connectivity index is 1.94. The van der Waals surface area contributed by atoms with Crippen LogP contribution in [0.25, 0.3) is 0 Å². The molecule has 128 valence electrons. The quantitative estimate of drug-likeness (QED) is 0.773. The van der Waals surface area contributed by atoms with Crippen molar-refractivity contribution in [1.29, 1.82) is 0 Å². The second-order valence-electron chi connectivity index (χ2n) is 6.83. The van der Waals surface area contributed by atoms with E-state index < -0.39 is 0 Å². The van der Waals surface area contributed by atoms with Gasteiger partial charge in [0.2, 0.25) is 0 Å². The van der Waals surface area contributed by atoms with Gasteiger partial charge in [-0.1, -0.05) is 44.2 Å². The van der Waals surface area contributed by atoms with Crippen molar-refractivity contribution in [3.8, 4) is 0 Å². The van der Waals surface area contributed by atoms with Crippen molar-refractivity contribution in [2.75, 3.05) is 20.1 Å². The molecule has 0 saturated heterocycles. The Morgan fingerprint density at radius 3 is 2.29 bits per heavy atom. The van der Waals surface area contributed by atoms with E-state index in [1.165, 1.54) is 10.5 Å². The van der Waals surface area contributed by atoms with E-state index in [4.69, 9.17) is 5.73 Å². The molecule has 0 atom stereocenters. The highest BCUT2D eigenvalue weighted by Gasteiger charge is 2.21. The van der Waals surface area contributed by atoms with E-state index in [2.05, 4.69) is 38.1 Å². The van der Waals surface area contributed by atoms with Gasteiger partial charge in [-0.15, -0.1) is 11.8 Å². The normalized spacial score (nSPS) is 11.3. The number of benzene rings is 2. The summed E-state index contributed by atoms with van der Waals surface area (Å²) in [6.45, 7) is 5.34. The number of rotatable bonds is 7. The molecule has 24 heavy (non-hydrogen) atoms. The van der Waals surface area contributed by atoms with Crippen molar-refractivity contribution < 1.29 is 4.79 Å². The molecular weight excluding hydrogens is 316 g/mol. The number of carbonyl (C=O) groups excluding carboxylic acids is 1. The molecule has 0 saturated carbocycles. The van der Waals surface area contributed by atoms with Crippen LogP contribution in [-0.4, -0.2) is 30.9 Å². The smallest absolute Gasteiger partial charge is 0.253 e. The fourth-order valence-corrected chi connectivity index (χ4v) is 3.29. The van der Waals surface area contributed by atoms with E-state index in [-0.39, 0.29) is 11.3 Å². The van der Waals surface area contributed by atoms with Gasteiger partial charge in [-0.25, -0.2) is 0 Å². The lowest BCUT2D eigenvalue weighted by Crippen LogP contribution is -2.39. The number of nitrogens with two attached hydrogens (primary N) is 1. The summed E-state index contributed by atoms with van der Waals surface area (Å²) >= 11 is 1.77. The number of thioether (sulfide) groups is 1. The van der Waals surface area contributed by atoms with Gasteiger partial charge in [0.25, 0.3) is 5.91 Å². The van der Waals surface area contributed by atoms with Gasteiger partial charge in [-0.3, -0.25) is 4.79 Å². The third kappa shape index (κ3) is 5.39. The molecule has 0 unspecified atom stereocenters. The van der Waals surface area contributed by atoms with Gasteiger partial charge in [0.1, 0.15) is 0 Å². The van der Waals surface area contributed by atoms with Crippen LogP contribution in [0.2, 0.25) is 0 Å². The Morgan fingerprint density at radius 1 is 1.08 bits per heavy atom. The molecule has 0 radical (unpaired) electrons. The maximum Gasteiger partial charge on any atom is 0.253 e. The molecule has 0 aliphatic rings. The van der Waals surface area contributed by atoms with Gasteiger partial charge in [0.15, 0.2) is 0 Å². The summed E-state index contributed by atoms with van der Waals surface area (Å²) in [5.74, 6) is 0.967. The first kappa shape index (κ1) is 18.6. The van der Waals surface area contributed by atoms with Crippen LogP contribution in [0, 0.1) is 5.41 Å². The van der Waals surface area contributed by atoms with Crippen LogP contribution in [0.5, 0.6) is 0 Å². The number of nitrogens with zero attached hydrogens (tertiary/aromatic N) is 1. The lowest BCUT2D eigenvalue weighted by molar-refractivity contribution is 0.0740. The van der Waals surface area contributed by atoms with Crippen LogP contribution >= 0.6 is 11.8 Å². The number of hydrogen-bond donors (Lipinski definition) is 1. The average Bonchev–Trinajstić information content (AvgIpc) is 2.60. The minimum atomic E-state index is -0.0735. The number of carbonyl (C=O) groups is 1. The molecular formula is C20H26N2OS. The fourth-order valence-electron chi connectivity index (χ4n) is 2.43. The summed E-state index contributed by atoms with van der Waals surface area (Å²) in [5.41, 5.74) is 7.69. The predicted molar refractivity (Wildman–Crippen MR) is 102 cm³/mol. The van der Waals surface area contributed by atoms with Crippen LogP contribution in [0.1, 0.15) is 29.8 Å². The summed E-state index contributed by atoms with van der Waals surface area (Å²) in [5, 5.41) is 0. The summed E-state index contributed by atoms with van der Waals surface area (Å²) in [6.07, 6.45) is 0. The summed E-state index contributed by atoms with van der Waals surface area (Å²) in [4.78, 5) is 15.4. The maximum absolute atomic E-state index is 12.5. The zero-order valence-corrected chi connectivity index (χ0v) is 15.5. The minimum absolute atomic E-state index is 0.0381. The van der Waals surface area contributed by atoms with Crippen LogP contribution in [-0.2, 0) is 5.75 Å². The van der Waals surface area contributed by atoms with E-state index in [0.717, 1.165) is 11.3 Å². The number of hydrogen-bond acceptors (Lipinski definition) is 3. The third-order valence-corrected chi connectivity index (χ3v) is 5.00. The number of amides is 1. The molecule has 0 aliphatic heterocycles. The van der Waals surface area contributed by atoms with E-state index in [0.29, 0.717) is 13.1 Å². The molecule has 0 spiro atoms. The van der Waals surface area contributed by atoms with Crippen molar-refractivity contribution in [1.82, 2.24) is 4.90 Å². The first-order valence-electron chi connectivity index (χ1n) is 8.13. The molecule has 2 aromatic rings. The van der Waals surface area contributed by atoms with Gasteiger partial charge >= 0.3 is 0 Å². The molecule has 0 bridgehead atoms. The Kier molecular flexibility index (Phi) is 6.46. The van der Waals surface area contributed by atoms with Crippen molar-refractivity contribution in [3.05, 3.63) is 65.7 Å². The second kappa shape index (κ2) is 8.36. The van der Waals surface area contributed by atoms with Gasteiger partial charge in [-0.2, -0.15) is 0 Å². The first-order valence-corrected chi connectivity index (χ1v) is 9.12. The summed E-state index contributed by atoms with van der Waals surface area (Å²) in [6, 6.07) is 18.2. The van der Waals surface area contributed by atoms with Crippen LogP contribution in [0.15, 0.2) is 59.5 Å². The molecule has 0 fully saturated rings. The zero-order valence-electron chi connectivity index (χ0n) is 14.7. The van der Waals surface area contributed by atoms with Gasteiger partial charge in [-0.05, 0) is 41.8 Å². The lowest BCUT2D eigenvalue weighted by Gasteiger charge is -2.29. The van der Waals surface area contributed by atoms with Crippen molar-refractivity contribution >= 4 is 17.7 Å². The zero-order chi connectivity index (χ0) is 17.6. The molecule has 1 amide bonds. The molecule has 2 rings (SSSR count). The summed E-state index contributed by atoms with van der Waals surface area (Å²) in [7, 11) is 1.83. The molecule has 3 nitrogen and oxygen atoms in total. The summed E-state index contributed by atoms with van der Waals surface area (Å²) < 4.78 is 0. The molecule has 4 heteroatoms. The molecule has 0 heterocycles. The highest BCUT2D eigenvalue weighted by Crippen LogP contribution is 2.23. The highest BCUT2D eigenvalue weighted by atomic mass is 32.2. The molecule has 0 aliphatic carbocycles. The van der Waals surface area contributed by atoms with Gasteiger partial charge in [0, 0.05) is 29.8 Å². The topological polar surface area (TPSA) is 46.3 Å². The highest BCUT2D eigenvalue weighted by molar-refractivity contribution is 7.98. The fraction of sp³-hybridized carbons (Fsp3) is 0.350.